The predicted octanol–water partition coefficient (Wildman–Crippen LogP) is 4.29. The smallest absolute Gasteiger partial charge is 0.282 e. The van der Waals surface area contributed by atoms with Gasteiger partial charge in [0.15, 0.2) is 0 Å². The maximum Gasteiger partial charge on any atom is 0.282 e. The van der Waals surface area contributed by atoms with Crippen LogP contribution < -0.4 is 4.90 Å². The van der Waals surface area contributed by atoms with E-state index in [2.05, 4.69) is 4.99 Å². The Morgan fingerprint density at radius 3 is 2.40 bits per heavy atom. The first-order chi connectivity index (χ1) is 12.2. The van der Waals surface area contributed by atoms with Crippen molar-refractivity contribution in [1.29, 1.82) is 0 Å². The van der Waals surface area contributed by atoms with Gasteiger partial charge in [-0.25, -0.2) is 4.99 Å². The molecule has 1 aliphatic heterocycles. The van der Waals surface area contributed by atoms with Gasteiger partial charge in [0.25, 0.3) is 5.91 Å². The molecule has 1 aromatic heterocycles. The number of hydrogen-bond acceptors (Lipinski definition) is 4. The molecule has 2 aromatic carbocycles. The van der Waals surface area contributed by atoms with E-state index >= 15 is 0 Å². The minimum atomic E-state index is -0.182. The van der Waals surface area contributed by atoms with E-state index < -0.39 is 0 Å². The van der Waals surface area contributed by atoms with Gasteiger partial charge >= 0.3 is 0 Å². The second-order valence-electron chi connectivity index (χ2n) is 5.50. The monoisotopic (exact) mass is 346 g/mol. The molecule has 3 aromatic rings. The summed E-state index contributed by atoms with van der Waals surface area (Å²) in [6, 6.07) is 20.0. The molecule has 0 bridgehead atoms. The van der Waals surface area contributed by atoms with E-state index in [9.17, 15) is 9.90 Å². The highest BCUT2D eigenvalue weighted by atomic mass is 32.1. The maximum atomic E-state index is 13.0. The molecule has 5 heteroatoms. The summed E-state index contributed by atoms with van der Waals surface area (Å²) < 4.78 is 0. The van der Waals surface area contributed by atoms with E-state index in [-0.39, 0.29) is 11.7 Å². The Balaban J connectivity index is 1.82. The van der Waals surface area contributed by atoms with Crippen molar-refractivity contribution in [2.24, 2.45) is 4.99 Å². The number of hydrogen-bond donors (Lipinski definition) is 1. The van der Waals surface area contributed by atoms with Gasteiger partial charge in [-0.1, -0.05) is 36.4 Å². The van der Waals surface area contributed by atoms with Crippen molar-refractivity contribution < 1.29 is 9.90 Å². The van der Waals surface area contributed by atoms with Crippen molar-refractivity contribution in [3.63, 3.8) is 0 Å². The third-order valence-corrected chi connectivity index (χ3v) is 4.64. The molecule has 0 saturated heterocycles. The maximum absolute atomic E-state index is 13.0. The summed E-state index contributed by atoms with van der Waals surface area (Å²) in [4.78, 5) is 20.1. The Morgan fingerprint density at radius 1 is 0.960 bits per heavy atom. The minimum absolute atomic E-state index is 0.156. The second kappa shape index (κ2) is 6.37. The highest BCUT2D eigenvalue weighted by Crippen LogP contribution is 2.29. The number of amides is 1. The fourth-order valence-electron chi connectivity index (χ4n) is 2.65. The number of phenolic OH excluding ortho intramolecular Hbond substituents is 1. The van der Waals surface area contributed by atoms with Crippen LogP contribution in [0.4, 0.5) is 5.69 Å². The van der Waals surface area contributed by atoms with Gasteiger partial charge in [0.2, 0.25) is 0 Å². The van der Waals surface area contributed by atoms with Gasteiger partial charge in [-0.15, -0.1) is 11.3 Å². The predicted molar refractivity (Wildman–Crippen MR) is 101 cm³/mol. The van der Waals surface area contributed by atoms with Gasteiger partial charge in [-0.3, -0.25) is 9.69 Å². The Kier molecular flexibility index (Phi) is 3.91. The first-order valence-electron chi connectivity index (χ1n) is 7.75. The number of nitrogens with zero attached hydrogens (tertiary/aromatic N) is 2. The van der Waals surface area contributed by atoms with E-state index in [1.165, 1.54) is 0 Å². The molecule has 0 saturated carbocycles. The summed E-state index contributed by atoms with van der Waals surface area (Å²) in [5.74, 6) is 0.556. The lowest BCUT2D eigenvalue weighted by molar-refractivity contribution is -0.113. The molecule has 25 heavy (non-hydrogen) atoms. The number of carbonyl (C=O) groups is 1. The fourth-order valence-corrected chi connectivity index (χ4v) is 3.30. The summed E-state index contributed by atoms with van der Waals surface area (Å²) in [5, 5.41) is 11.5. The number of carbonyl (C=O) groups excluding carboxylic acids is 1. The molecule has 0 unspecified atom stereocenters. The Bertz CT molecular complexity index is 959. The molecular weight excluding hydrogens is 332 g/mol. The molecule has 1 aliphatic rings. The first-order valence-corrected chi connectivity index (χ1v) is 8.63. The number of benzene rings is 2. The average Bonchev–Trinajstić information content (AvgIpc) is 3.26. The number of rotatable bonds is 3. The first kappa shape index (κ1) is 15.4. The van der Waals surface area contributed by atoms with Gasteiger partial charge in [-0.05, 0) is 41.8 Å². The van der Waals surface area contributed by atoms with Gasteiger partial charge in [0, 0.05) is 10.4 Å². The molecule has 122 valence electrons. The summed E-state index contributed by atoms with van der Waals surface area (Å²) in [6.07, 6.45) is 1.80. The van der Waals surface area contributed by atoms with Crippen LogP contribution in [0.3, 0.4) is 0 Å². The van der Waals surface area contributed by atoms with Crippen LogP contribution >= 0.6 is 11.3 Å². The Morgan fingerprint density at radius 2 is 1.72 bits per heavy atom. The van der Waals surface area contributed by atoms with Crippen LogP contribution in [0.5, 0.6) is 5.75 Å². The number of aliphatic imine (C=N–C) groups is 1. The molecule has 1 N–H and O–H groups in total. The Hall–Kier alpha value is -3.18. The van der Waals surface area contributed by atoms with Gasteiger partial charge in [0.1, 0.15) is 17.3 Å². The van der Waals surface area contributed by atoms with E-state index in [1.807, 2.05) is 47.8 Å². The van der Waals surface area contributed by atoms with Crippen LogP contribution in [-0.4, -0.2) is 16.8 Å². The lowest BCUT2D eigenvalue weighted by Crippen LogP contribution is -2.32. The van der Waals surface area contributed by atoms with Crippen molar-refractivity contribution >= 4 is 34.8 Å². The van der Waals surface area contributed by atoms with E-state index in [0.29, 0.717) is 17.2 Å². The molecule has 4 rings (SSSR count). The normalized spacial score (nSPS) is 15.7. The van der Waals surface area contributed by atoms with Gasteiger partial charge in [0.05, 0.1) is 5.69 Å². The molecule has 2 heterocycles. The zero-order valence-corrected chi connectivity index (χ0v) is 14.0. The van der Waals surface area contributed by atoms with Gasteiger partial charge < -0.3 is 5.11 Å². The summed E-state index contributed by atoms with van der Waals surface area (Å²) in [5.41, 5.74) is 1.92. The molecule has 0 aliphatic carbocycles. The third-order valence-electron chi connectivity index (χ3n) is 3.82. The summed E-state index contributed by atoms with van der Waals surface area (Å²) in [7, 11) is 0. The molecule has 1 amide bonds. The zero-order chi connectivity index (χ0) is 17.2. The highest BCUT2D eigenvalue weighted by Gasteiger charge is 2.32. The molecule has 0 spiro atoms. The summed E-state index contributed by atoms with van der Waals surface area (Å²) in [6.45, 7) is 0. The van der Waals surface area contributed by atoms with Crippen molar-refractivity contribution in [3.8, 4) is 5.75 Å². The summed E-state index contributed by atoms with van der Waals surface area (Å²) >= 11 is 1.56. The minimum Gasteiger partial charge on any atom is -0.508 e. The molecular formula is C20H14N2O2S. The molecule has 0 atom stereocenters. The molecule has 4 nitrogen and oxygen atoms in total. The third kappa shape index (κ3) is 2.97. The van der Waals surface area contributed by atoms with Crippen molar-refractivity contribution in [2.75, 3.05) is 4.90 Å². The van der Waals surface area contributed by atoms with Crippen molar-refractivity contribution in [1.82, 2.24) is 0 Å². The number of phenols is 1. The lowest BCUT2D eigenvalue weighted by Gasteiger charge is -2.18. The average molecular weight is 346 g/mol. The van der Waals surface area contributed by atoms with Crippen molar-refractivity contribution in [3.05, 3.63) is 88.2 Å². The van der Waals surface area contributed by atoms with E-state index in [1.54, 1.807) is 46.6 Å². The number of amidine groups is 1. The molecule has 0 radical (unpaired) electrons. The number of anilines is 1. The van der Waals surface area contributed by atoms with Crippen LogP contribution in [0.25, 0.3) is 6.08 Å². The number of thiophene rings is 1. The zero-order valence-electron chi connectivity index (χ0n) is 13.2. The largest absolute Gasteiger partial charge is 0.508 e. The quantitative estimate of drug-likeness (QED) is 0.719. The fraction of sp³-hybridized carbons (Fsp3) is 0. The highest BCUT2D eigenvalue weighted by molar-refractivity contribution is 7.10. The SMILES string of the molecule is O=C1/C(=C/c2cccs2)N=C(c2ccccc2)N1c1ccc(O)cc1. The molecule has 0 fully saturated rings. The lowest BCUT2D eigenvalue weighted by atomic mass is 10.2. The van der Waals surface area contributed by atoms with Crippen LogP contribution in [0, 0.1) is 0 Å². The standard InChI is InChI=1S/C20H14N2O2S/c23-16-10-8-15(9-11-16)22-19(14-5-2-1-3-6-14)21-18(20(22)24)13-17-7-4-12-25-17/h1-13,23H/b18-13-. The number of aromatic hydroxyl groups is 1. The van der Waals surface area contributed by atoms with Crippen LogP contribution in [0.2, 0.25) is 0 Å². The Labute approximate surface area is 149 Å². The van der Waals surface area contributed by atoms with Crippen molar-refractivity contribution in [2.45, 2.75) is 0 Å². The van der Waals surface area contributed by atoms with E-state index in [4.69, 9.17) is 0 Å². The van der Waals surface area contributed by atoms with Crippen LogP contribution in [-0.2, 0) is 4.79 Å². The topological polar surface area (TPSA) is 52.9 Å². The van der Waals surface area contributed by atoms with Crippen LogP contribution in [0.15, 0.2) is 82.8 Å². The van der Waals surface area contributed by atoms with Crippen LogP contribution in [0.1, 0.15) is 10.4 Å². The van der Waals surface area contributed by atoms with Gasteiger partial charge in [-0.2, -0.15) is 0 Å². The second-order valence-corrected chi connectivity index (χ2v) is 6.48. The van der Waals surface area contributed by atoms with E-state index in [0.717, 1.165) is 10.4 Å².